The van der Waals surface area contributed by atoms with Gasteiger partial charge in [0, 0.05) is 26.6 Å². The van der Waals surface area contributed by atoms with E-state index >= 15 is 0 Å². The summed E-state index contributed by atoms with van der Waals surface area (Å²) in [6.07, 6.45) is 5.48. The Morgan fingerprint density at radius 1 is 1.18 bits per heavy atom. The van der Waals surface area contributed by atoms with Crippen molar-refractivity contribution in [1.29, 1.82) is 0 Å². The Morgan fingerprint density at radius 2 is 1.97 bits per heavy atom. The minimum Gasteiger partial charge on any atom is -0.489 e. The number of nitrogens with zero attached hydrogens (tertiary/aromatic N) is 5. The first-order chi connectivity index (χ1) is 15.9. The van der Waals surface area contributed by atoms with E-state index in [-0.39, 0.29) is 31.1 Å². The molecule has 0 spiro atoms. The van der Waals surface area contributed by atoms with Gasteiger partial charge in [0.05, 0.1) is 17.5 Å². The first kappa shape index (κ1) is 23.0. The molecule has 10 nitrogen and oxygen atoms in total. The van der Waals surface area contributed by atoms with Crippen molar-refractivity contribution < 1.29 is 24.2 Å². The Balaban J connectivity index is 1.41. The molecule has 0 aromatic carbocycles. The van der Waals surface area contributed by atoms with Crippen LogP contribution in [-0.4, -0.2) is 61.2 Å². The van der Waals surface area contributed by atoms with E-state index in [9.17, 15) is 9.59 Å². The van der Waals surface area contributed by atoms with Gasteiger partial charge >= 0.3 is 12.1 Å². The van der Waals surface area contributed by atoms with E-state index in [0.717, 1.165) is 57.3 Å². The summed E-state index contributed by atoms with van der Waals surface area (Å²) in [5.74, 6) is 0.0840. The molecule has 2 aliphatic rings. The van der Waals surface area contributed by atoms with Crippen molar-refractivity contribution in [3.05, 3.63) is 23.5 Å². The minimum atomic E-state index is -0.760. The van der Waals surface area contributed by atoms with Crippen LogP contribution in [0.2, 0.25) is 0 Å². The van der Waals surface area contributed by atoms with Crippen molar-refractivity contribution in [2.45, 2.75) is 64.6 Å². The number of carbonyl (C=O) groups excluding carboxylic acids is 1. The maximum atomic E-state index is 12.4. The largest absolute Gasteiger partial charge is 0.489 e. The zero-order valence-electron chi connectivity index (χ0n) is 19.2. The normalized spacial score (nSPS) is 20.6. The van der Waals surface area contributed by atoms with E-state index in [1.165, 1.54) is 0 Å². The Hall–Kier alpha value is -3.17. The number of aromatic nitrogens is 4. The van der Waals surface area contributed by atoms with E-state index < -0.39 is 5.97 Å². The summed E-state index contributed by atoms with van der Waals surface area (Å²) in [7, 11) is 1.76. The smallest absolute Gasteiger partial charge is 0.410 e. The molecule has 0 radical (unpaired) electrons. The molecule has 2 fully saturated rings. The van der Waals surface area contributed by atoms with Crippen LogP contribution >= 0.6 is 0 Å². The zero-order valence-corrected chi connectivity index (χ0v) is 19.2. The number of piperidine rings is 1. The number of hydrogen-bond donors (Lipinski definition) is 1. The molecular weight excluding hydrogens is 426 g/mol. The third kappa shape index (κ3) is 5.61. The summed E-state index contributed by atoms with van der Waals surface area (Å²) >= 11 is 0. The number of carboxylic acids is 1. The molecule has 0 bridgehead atoms. The van der Waals surface area contributed by atoms with Gasteiger partial charge in [-0.1, -0.05) is 5.21 Å². The summed E-state index contributed by atoms with van der Waals surface area (Å²) in [4.78, 5) is 29.7. The van der Waals surface area contributed by atoms with Crippen molar-refractivity contribution in [2.24, 2.45) is 13.0 Å². The van der Waals surface area contributed by atoms with Gasteiger partial charge in [-0.25, -0.2) is 14.5 Å². The van der Waals surface area contributed by atoms with Crippen LogP contribution in [0.3, 0.4) is 0 Å². The van der Waals surface area contributed by atoms with Crippen LogP contribution in [0.15, 0.2) is 12.1 Å². The number of rotatable bonds is 7. The van der Waals surface area contributed by atoms with Crippen LogP contribution in [0.5, 0.6) is 5.75 Å². The highest BCUT2D eigenvalue weighted by molar-refractivity contribution is 5.68. The van der Waals surface area contributed by atoms with Gasteiger partial charge in [-0.3, -0.25) is 4.79 Å². The Morgan fingerprint density at radius 3 is 2.70 bits per heavy atom. The van der Waals surface area contributed by atoms with Crippen LogP contribution in [0, 0.1) is 12.8 Å². The number of aryl methyl sites for hydroxylation is 2. The molecule has 1 amide bonds. The van der Waals surface area contributed by atoms with Crippen LogP contribution in [-0.2, 0) is 23.2 Å². The average molecular weight is 458 g/mol. The predicted molar refractivity (Wildman–Crippen MR) is 119 cm³/mol. The van der Waals surface area contributed by atoms with Gasteiger partial charge in [-0.15, -0.1) is 5.10 Å². The molecule has 2 aromatic rings. The van der Waals surface area contributed by atoms with Gasteiger partial charge < -0.3 is 19.5 Å². The lowest BCUT2D eigenvalue weighted by Crippen LogP contribution is -2.36. The van der Waals surface area contributed by atoms with Gasteiger partial charge in [0.2, 0.25) is 0 Å². The van der Waals surface area contributed by atoms with E-state index in [2.05, 4.69) is 15.3 Å². The second-order valence-corrected chi connectivity index (χ2v) is 8.91. The van der Waals surface area contributed by atoms with Crippen molar-refractivity contribution in [3.8, 4) is 17.1 Å². The fourth-order valence-corrected chi connectivity index (χ4v) is 4.59. The average Bonchev–Trinajstić information content (AvgIpc) is 3.39. The first-order valence-corrected chi connectivity index (χ1v) is 11.6. The Bertz CT molecular complexity index is 1000. The van der Waals surface area contributed by atoms with Crippen molar-refractivity contribution >= 4 is 12.1 Å². The lowest BCUT2D eigenvalue weighted by atomic mass is 10.0. The van der Waals surface area contributed by atoms with Gasteiger partial charge in [-0.05, 0) is 63.5 Å². The molecule has 1 aliphatic carbocycles. The van der Waals surface area contributed by atoms with Crippen molar-refractivity contribution in [3.63, 3.8) is 0 Å². The highest BCUT2D eigenvalue weighted by Crippen LogP contribution is 2.33. The van der Waals surface area contributed by atoms with Crippen LogP contribution in [0.4, 0.5) is 4.79 Å². The third-order valence-corrected chi connectivity index (χ3v) is 6.42. The van der Waals surface area contributed by atoms with Gasteiger partial charge in [0.1, 0.15) is 23.7 Å². The number of amides is 1. The molecule has 1 saturated heterocycles. The second kappa shape index (κ2) is 10.2. The molecule has 2 aromatic heterocycles. The number of ether oxygens (including phenoxy) is 2. The summed E-state index contributed by atoms with van der Waals surface area (Å²) in [5.41, 5.74) is 2.59. The zero-order chi connectivity index (χ0) is 23.4. The summed E-state index contributed by atoms with van der Waals surface area (Å²) in [6.45, 7) is 3.40. The number of likely N-dealkylation sites (tertiary alicyclic amines) is 1. The summed E-state index contributed by atoms with van der Waals surface area (Å²) < 4.78 is 13.3. The number of pyridine rings is 1. The van der Waals surface area contributed by atoms with Crippen LogP contribution in [0.1, 0.15) is 56.3 Å². The standard InChI is InChI=1S/C23H31N5O5/c1-15-20(33-17-7-6-16(12-17)13-21(29)30)9-8-18(24-15)22-19(27(2)26-25-22)14-32-23(31)28-10-4-3-5-11-28/h8-9,16-17H,3-7,10-14H2,1-2H3,(H,29,30)/t16-,17-/m0/s1. The van der Waals surface area contributed by atoms with E-state index in [4.69, 9.17) is 14.6 Å². The van der Waals surface area contributed by atoms with E-state index in [1.807, 2.05) is 19.1 Å². The quantitative estimate of drug-likeness (QED) is 0.672. The molecule has 1 N–H and O–H groups in total. The molecule has 1 saturated carbocycles. The molecule has 1 aliphatic heterocycles. The minimum absolute atomic E-state index is 0.00183. The number of carbonyl (C=O) groups is 2. The fraction of sp³-hybridized carbons (Fsp3) is 0.609. The lowest BCUT2D eigenvalue weighted by Gasteiger charge is -2.25. The van der Waals surface area contributed by atoms with Gasteiger partial charge in [0.15, 0.2) is 0 Å². The van der Waals surface area contributed by atoms with Gasteiger partial charge in [0.25, 0.3) is 0 Å². The highest BCUT2D eigenvalue weighted by Gasteiger charge is 2.28. The Kier molecular flexibility index (Phi) is 7.10. The monoisotopic (exact) mass is 457 g/mol. The SMILES string of the molecule is Cc1nc(-c2nnn(C)c2COC(=O)N2CCCCC2)ccc1O[C@H]1CC[C@H](CC(=O)O)C1. The maximum Gasteiger partial charge on any atom is 0.410 e. The van der Waals surface area contributed by atoms with E-state index in [1.54, 1.807) is 16.6 Å². The lowest BCUT2D eigenvalue weighted by molar-refractivity contribution is -0.138. The van der Waals surface area contributed by atoms with Crippen LogP contribution < -0.4 is 4.74 Å². The highest BCUT2D eigenvalue weighted by atomic mass is 16.6. The molecule has 2 atom stereocenters. The molecular formula is C23H31N5O5. The van der Waals surface area contributed by atoms with E-state index in [0.29, 0.717) is 22.8 Å². The molecule has 3 heterocycles. The molecule has 10 heteroatoms. The molecule has 4 rings (SSSR count). The van der Waals surface area contributed by atoms with Gasteiger partial charge in [-0.2, -0.15) is 0 Å². The predicted octanol–water partition coefficient (Wildman–Crippen LogP) is 3.33. The summed E-state index contributed by atoms with van der Waals surface area (Å²) in [6, 6.07) is 3.69. The van der Waals surface area contributed by atoms with Crippen LogP contribution in [0.25, 0.3) is 11.4 Å². The number of aliphatic carboxylic acids is 1. The molecule has 0 unspecified atom stereocenters. The number of carboxylic acid groups (broad SMARTS) is 1. The fourth-order valence-electron chi connectivity index (χ4n) is 4.59. The second-order valence-electron chi connectivity index (χ2n) is 8.91. The molecule has 178 valence electrons. The number of hydrogen-bond acceptors (Lipinski definition) is 7. The van der Waals surface area contributed by atoms with Crippen molar-refractivity contribution in [1.82, 2.24) is 24.9 Å². The maximum absolute atomic E-state index is 12.4. The third-order valence-electron chi connectivity index (χ3n) is 6.42. The molecule has 33 heavy (non-hydrogen) atoms. The van der Waals surface area contributed by atoms with Crippen molar-refractivity contribution in [2.75, 3.05) is 13.1 Å². The first-order valence-electron chi connectivity index (χ1n) is 11.6. The summed E-state index contributed by atoms with van der Waals surface area (Å²) in [5, 5.41) is 17.3. The topological polar surface area (TPSA) is 120 Å². The Labute approximate surface area is 192 Å².